The molecule has 100 valence electrons. The van der Waals surface area contributed by atoms with Crippen LogP contribution >= 0.6 is 11.3 Å². The molecular formula is C10H15N3O4S. The van der Waals surface area contributed by atoms with Gasteiger partial charge < -0.3 is 10.4 Å². The minimum Gasteiger partial charge on any atom is -0.481 e. The maximum Gasteiger partial charge on any atom is 0.345 e. The van der Waals surface area contributed by atoms with Gasteiger partial charge in [-0.1, -0.05) is 0 Å². The van der Waals surface area contributed by atoms with Gasteiger partial charge in [0, 0.05) is 5.54 Å². The Morgan fingerprint density at radius 3 is 2.44 bits per heavy atom. The molecule has 1 aromatic heterocycles. The Morgan fingerprint density at radius 2 is 2.06 bits per heavy atom. The van der Waals surface area contributed by atoms with Crippen molar-refractivity contribution in [1.82, 2.24) is 4.98 Å². The SMILES string of the molecule is CC(C)(Nc1ncc([N+](=O)[O-])s1)C(C)(C)C(=O)O. The van der Waals surface area contributed by atoms with Crippen LogP contribution in [0, 0.1) is 15.5 Å². The Balaban J connectivity index is 2.94. The fourth-order valence-corrected chi connectivity index (χ4v) is 1.89. The number of carbonyl (C=O) groups is 1. The van der Waals surface area contributed by atoms with E-state index in [9.17, 15) is 20.0 Å². The van der Waals surface area contributed by atoms with Crippen LogP contribution in [0.1, 0.15) is 27.7 Å². The Morgan fingerprint density at radius 1 is 1.50 bits per heavy atom. The highest BCUT2D eigenvalue weighted by Gasteiger charge is 2.44. The van der Waals surface area contributed by atoms with E-state index in [1.165, 1.54) is 0 Å². The zero-order valence-electron chi connectivity index (χ0n) is 10.6. The summed E-state index contributed by atoms with van der Waals surface area (Å²) in [5, 5.41) is 22.9. The summed E-state index contributed by atoms with van der Waals surface area (Å²) in [5.74, 6) is -0.953. The molecule has 0 aliphatic rings. The number of aliphatic carboxylic acids is 1. The molecule has 2 N–H and O–H groups in total. The van der Waals surface area contributed by atoms with Crippen LogP contribution in [-0.2, 0) is 4.79 Å². The van der Waals surface area contributed by atoms with Gasteiger partial charge in [0.05, 0.1) is 10.3 Å². The Labute approximate surface area is 108 Å². The molecular weight excluding hydrogens is 258 g/mol. The summed E-state index contributed by atoms with van der Waals surface area (Å²) in [6, 6.07) is 0. The maximum atomic E-state index is 11.2. The zero-order chi connectivity index (χ0) is 14.1. The van der Waals surface area contributed by atoms with E-state index >= 15 is 0 Å². The monoisotopic (exact) mass is 273 g/mol. The summed E-state index contributed by atoms with van der Waals surface area (Å²) in [5.41, 5.74) is -1.85. The molecule has 0 aliphatic heterocycles. The van der Waals surface area contributed by atoms with Crippen molar-refractivity contribution in [3.8, 4) is 0 Å². The molecule has 0 unspecified atom stereocenters. The number of thiazole rings is 1. The maximum absolute atomic E-state index is 11.2. The summed E-state index contributed by atoms with van der Waals surface area (Å²) >= 11 is 0.881. The van der Waals surface area contributed by atoms with E-state index < -0.39 is 21.8 Å². The lowest BCUT2D eigenvalue weighted by molar-refractivity contribution is -0.380. The number of aromatic nitrogens is 1. The first-order chi connectivity index (χ1) is 8.08. The molecule has 18 heavy (non-hydrogen) atoms. The number of carboxylic acid groups (broad SMARTS) is 1. The second kappa shape index (κ2) is 4.52. The molecule has 0 saturated carbocycles. The lowest BCUT2D eigenvalue weighted by atomic mass is 9.74. The number of hydrogen-bond acceptors (Lipinski definition) is 6. The lowest BCUT2D eigenvalue weighted by Crippen LogP contribution is -2.50. The topological polar surface area (TPSA) is 105 Å². The number of nitrogens with zero attached hydrogens (tertiary/aromatic N) is 2. The first kappa shape index (κ1) is 14.4. The predicted octanol–water partition coefficient (Wildman–Crippen LogP) is 2.35. The van der Waals surface area contributed by atoms with E-state index in [1.807, 2.05) is 0 Å². The quantitative estimate of drug-likeness (QED) is 0.630. The van der Waals surface area contributed by atoms with Gasteiger partial charge in [0.25, 0.3) is 0 Å². The molecule has 1 aromatic rings. The largest absolute Gasteiger partial charge is 0.481 e. The number of nitrogens with one attached hydrogen (secondary N) is 1. The predicted molar refractivity (Wildman–Crippen MR) is 67.9 cm³/mol. The standard InChI is InChI=1S/C10H15N3O4S/c1-9(2,7(14)15)10(3,4)12-8-11-5-6(18-8)13(16)17/h5H,1-4H3,(H,11,12)(H,14,15). The molecule has 0 radical (unpaired) electrons. The summed E-state index contributed by atoms with van der Waals surface area (Å²) in [6.07, 6.45) is 1.15. The molecule has 0 amide bonds. The van der Waals surface area contributed by atoms with E-state index in [0.29, 0.717) is 5.13 Å². The summed E-state index contributed by atoms with van der Waals surface area (Å²) in [6.45, 7) is 6.61. The van der Waals surface area contributed by atoms with Gasteiger partial charge in [-0.25, -0.2) is 4.98 Å². The van der Waals surface area contributed by atoms with Crippen molar-refractivity contribution < 1.29 is 14.8 Å². The molecule has 0 saturated heterocycles. The van der Waals surface area contributed by atoms with Gasteiger partial charge in [-0.3, -0.25) is 14.9 Å². The van der Waals surface area contributed by atoms with E-state index in [0.717, 1.165) is 17.5 Å². The third kappa shape index (κ3) is 2.58. The van der Waals surface area contributed by atoms with Gasteiger partial charge in [-0.15, -0.1) is 0 Å². The van der Waals surface area contributed by atoms with Crippen LogP contribution in [0.15, 0.2) is 6.20 Å². The molecule has 1 heterocycles. The van der Waals surface area contributed by atoms with Gasteiger partial charge in [0.15, 0.2) is 5.13 Å². The highest BCUT2D eigenvalue weighted by molar-refractivity contribution is 7.18. The average Bonchev–Trinajstić information content (AvgIpc) is 2.64. The van der Waals surface area contributed by atoms with Crippen LogP contribution in [0.25, 0.3) is 0 Å². The van der Waals surface area contributed by atoms with Gasteiger partial charge in [-0.2, -0.15) is 0 Å². The minimum absolute atomic E-state index is 0.0820. The first-order valence-electron chi connectivity index (χ1n) is 5.20. The van der Waals surface area contributed by atoms with E-state index in [2.05, 4.69) is 10.3 Å². The molecule has 0 fully saturated rings. The van der Waals surface area contributed by atoms with Gasteiger partial charge in [-0.05, 0) is 39.0 Å². The summed E-state index contributed by atoms with van der Waals surface area (Å²) < 4.78 is 0. The molecule has 0 atom stereocenters. The minimum atomic E-state index is -1.05. The number of anilines is 1. The number of nitro groups is 1. The lowest BCUT2D eigenvalue weighted by Gasteiger charge is -2.38. The third-order valence-electron chi connectivity index (χ3n) is 3.19. The molecule has 8 heteroatoms. The van der Waals surface area contributed by atoms with Crippen LogP contribution in [0.3, 0.4) is 0 Å². The fraction of sp³-hybridized carbons (Fsp3) is 0.600. The Kier molecular flexibility index (Phi) is 3.61. The highest BCUT2D eigenvalue weighted by atomic mass is 32.1. The van der Waals surface area contributed by atoms with Gasteiger partial charge in [0.1, 0.15) is 6.20 Å². The van der Waals surface area contributed by atoms with Crippen LogP contribution in [0.4, 0.5) is 10.1 Å². The van der Waals surface area contributed by atoms with Crippen molar-refractivity contribution in [3.05, 3.63) is 16.3 Å². The van der Waals surface area contributed by atoms with Crippen molar-refractivity contribution in [2.45, 2.75) is 33.2 Å². The van der Waals surface area contributed by atoms with Crippen LogP contribution in [0.5, 0.6) is 0 Å². The van der Waals surface area contributed by atoms with E-state index in [-0.39, 0.29) is 5.00 Å². The second-order valence-electron chi connectivity index (χ2n) is 4.94. The Hall–Kier alpha value is -1.70. The van der Waals surface area contributed by atoms with E-state index in [4.69, 9.17) is 0 Å². The van der Waals surface area contributed by atoms with Crippen molar-refractivity contribution in [2.75, 3.05) is 5.32 Å². The molecule has 1 rings (SSSR count). The average molecular weight is 273 g/mol. The number of hydrogen-bond donors (Lipinski definition) is 2. The van der Waals surface area contributed by atoms with E-state index in [1.54, 1.807) is 27.7 Å². The van der Waals surface area contributed by atoms with Crippen molar-refractivity contribution in [2.24, 2.45) is 5.41 Å². The smallest absolute Gasteiger partial charge is 0.345 e. The number of rotatable bonds is 5. The third-order valence-corrected chi connectivity index (χ3v) is 4.05. The van der Waals surface area contributed by atoms with Crippen molar-refractivity contribution >= 4 is 27.4 Å². The molecule has 7 nitrogen and oxygen atoms in total. The van der Waals surface area contributed by atoms with Crippen LogP contribution in [-0.4, -0.2) is 26.5 Å². The summed E-state index contributed by atoms with van der Waals surface area (Å²) in [7, 11) is 0. The first-order valence-corrected chi connectivity index (χ1v) is 6.01. The summed E-state index contributed by atoms with van der Waals surface area (Å²) in [4.78, 5) is 25.1. The normalized spacial score (nSPS) is 12.2. The molecule has 0 aliphatic carbocycles. The molecule has 0 bridgehead atoms. The molecule has 0 aromatic carbocycles. The molecule has 0 spiro atoms. The van der Waals surface area contributed by atoms with Gasteiger partial charge >= 0.3 is 11.0 Å². The van der Waals surface area contributed by atoms with Crippen LogP contribution < -0.4 is 5.32 Å². The van der Waals surface area contributed by atoms with Crippen molar-refractivity contribution in [1.29, 1.82) is 0 Å². The van der Waals surface area contributed by atoms with Gasteiger partial charge in [0.2, 0.25) is 0 Å². The Bertz CT molecular complexity index is 481. The van der Waals surface area contributed by atoms with Crippen molar-refractivity contribution in [3.63, 3.8) is 0 Å². The van der Waals surface area contributed by atoms with Crippen LogP contribution in [0.2, 0.25) is 0 Å². The second-order valence-corrected chi connectivity index (χ2v) is 5.95. The number of carboxylic acids is 1. The fourth-order valence-electron chi connectivity index (χ4n) is 1.10. The zero-order valence-corrected chi connectivity index (χ0v) is 11.4. The highest BCUT2D eigenvalue weighted by Crippen LogP contribution is 2.36.